The standard InChI is InChI=1S/C14H18ClNO3/c1-10-6-11(8-12(15)7-10)13(17)16-9-14(18)2-4-19-5-3-14/h6-8,18H,2-5,9H2,1H3,(H,16,17). The lowest BCUT2D eigenvalue weighted by atomic mass is 9.94. The fourth-order valence-corrected chi connectivity index (χ4v) is 2.43. The summed E-state index contributed by atoms with van der Waals surface area (Å²) in [7, 11) is 0. The van der Waals surface area contributed by atoms with E-state index in [1.54, 1.807) is 18.2 Å². The number of rotatable bonds is 3. The second-order valence-corrected chi connectivity index (χ2v) is 5.47. The Kier molecular flexibility index (Phi) is 4.45. The van der Waals surface area contributed by atoms with Crippen molar-refractivity contribution in [1.82, 2.24) is 5.32 Å². The minimum atomic E-state index is -0.860. The van der Waals surface area contributed by atoms with Gasteiger partial charge in [0.2, 0.25) is 0 Å². The van der Waals surface area contributed by atoms with Gasteiger partial charge in [-0.05, 0) is 30.7 Å². The highest BCUT2D eigenvalue weighted by Crippen LogP contribution is 2.20. The van der Waals surface area contributed by atoms with Crippen LogP contribution < -0.4 is 5.32 Å². The quantitative estimate of drug-likeness (QED) is 0.891. The Hall–Kier alpha value is -1.10. The third kappa shape index (κ3) is 3.93. The second-order valence-electron chi connectivity index (χ2n) is 5.04. The van der Waals surface area contributed by atoms with Crippen molar-refractivity contribution in [3.63, 3.8) is 0 Å². The molecule has 4 nitrogen and oxygen atoms in total. The SMILES string of the molecule is Cc1cc(Cl)cc(C(=O)NCC2(O)CCOCC2)c1. The van der Waals surface area contributed by atoms with Crippen LogP contribution in [0.3, 0.4) is 0 Å². The molecule has 0 radical (unpaired) electrons. The van der Waals surface area contributed by atoms with Gasteiger partial charge in [0, 0.05) is 43.2 Å². The molecule has 0 aliphatic carbocycles. The van der Waals surface area contributed by atoms with Crippen LogP contribution in [-0.4, -0.2) is 36.4 Å². The van der Waals surface area contributed by atoms with Crippen molar-refractivity contribution in [1.29, 1.82) is 0 Å². The molecule has 1 aromatic carbocycles. The number of carbonyl (C=O) groups excluding carboxylic acids is 1. The molecular formula is C14H18ClNO3. The highest BCUT2D eigenvalue weighted by Gasteiger charge is 2.30. The van der Waals surface area contributed by atoms with Crippen LogP contribution >= 0.6 is 11.6 Å². The summed E-state index contributed by atoms with van der Waals surface area (Å²) in [5, 5.41) is 13.6. The Labute approximate surface area is 117 Å². The predicted molar refractivity (Wildman–Crippen MR) is 73.5 cm³/mol. The van der Waals surface area contributed by atoms with Crippen LogP contribution in [0.5, 0.6) is 0 Å². The van der Waals surface area contributed by atoms with Gasteiger partial charge in [0.05, 0.1) is 5.60 Å². The number of carbonyl (C=O) groups is 1. The van der Waals surface area contributed by atoms with Gasteiger partial charge in [0.15, 0.2) is 0 Å². The van der Waals surface area contributed by atoms with E-state index >= 15 is 0 Å². The smallest absolute Gasteiger partial charge is 0.251 e. The van der Waals surface area contributed by atoms with Crippen LogP contribution in [0.15, 0.2) is 18.2 Å². The first-order valence-corrected chi connectivity index (χ1v) is 6.72. The van der Waals surface area contributed by atoms with Crippen LogP contribution in [0.4, 0.5) is 0 Å². The zero-order valence-electron chi connectivity index (χ0n) is 10.9. The topological polar surface area (TPSA) is 58.6 Å². The maximum Gasteiger partial charge on any atom is 0.251 e. The van der Waals surface area contributed by atoms with Crippen LogP contribution in [0.25, 0.3) is 0 Å². The third-order valence-electron chi connectivity index (χ3n) is 3.31. The molecule has 19 heavy (non-hydrogen) atoms. The van der Waals surface area contributed by atoms with E-state index in [1.165, 1.54) is 0 Å². The van der Waals surface area contributed by atoms with E-state index in [-0.39, 0.29) is 12.5 Å². The minimum absolute atomic E-state index is 0.217. The summed E-state index contributed by atoms with van der Waals surface area (Å²) >= 11 is 5.92. The second kappa shape index (κ2) is 5.90. The number of aryl methyl sites for hydroxylation is 1. The zero-order valence-corrected chi connectivity index (χ0v) is 11.7. The van der Waals surface area contributed by atoms with Crippen molar-refractivity contribution < 1.29 is 14.6 Å². The molecule has 1 amide bonds. The highest BCUT2D eigenvalue weighted by molar-refractivity contribution is 6.31. The summed E-state index contributed by atoms with van der Waals surface area (Å²) in [6, 6.07) is 5.19. The van der Waals surface area contributed by atoms with E-state index in [1.807, 2.05) is 6.92 Å². The van der Waals surface area contributed by atoms with Gasteiger partial charge in [0.25, 0.3) is 5.91 Å². The van der Waals surface area contributed by atoms with Gasteiger partial charge in [0.1, 0.15) is 0 Å². The molecule has 0 atom stereocenters. The summed E-state index contributed by atoms with van der Waals surface area (Å²) in [5.41, 5.74) is 0.588. The monoisotopic (exact) mass is 283 g/mol. The van der Waals surface area contributed by atoms with Crippen molar-refractivity contribution >= 4 is 17.5 Å². The lowest BCUT2D eigenvalue weighted by Gasteiger charge is -2.32. The number of amides is 1. The Morgan fingerprint density at radius 2 is 2.11 bits per heavy atom. The van der Waals surface area contributed by atoms with Gasteiger partial charge < -0.3 is 15.2 Å². The fraction of sp³-hybridized carbons (Fsp3) is 0.500. The Bertz CT molecular complexity index is 450. The number of ether oxygens (including phenoxy) is 1. The Morgan fingerprint density at radius 1 is 1.42 bits per heavy atom. The van der Waals surface area contributed by atoms with E-state index in [0.717, 1.165) is 5.56 Å². The molecule has 0 spiro atoms. The minimum Gasteiger partial charge on any atom is -0.388 e. The van der Waals surface area contributed by atoms with Crippen molar-refractivity contribution in [3.8, 4) is 0 Å². The maximum atomic E-state index is 12.0. The Balaban J connectivity index is 1.97. The summed E-state index contributed by atoms with van der Waals surface area (Å²) in [6.07, 6.45) is 1.09. The first-order chi connectivity index (χ1) is 8.98. The first-order valence-electron chi connectivity index (χ1n) is 6.34. The van der Waals surface area contributed by atoms with Crippen LogP contribution in [0.2, 0.25) is 5.02 Å². The Morgan fingerprint density at radius 3 is 2.74 bits per heavy atom. The molecule has 1 aliphatic heterocycles. The summed E-state index contributed by atoms with van der Waals surface area (Å²) in [6.45, 7) is 3.18. The molecule has 0 bridgehead atoms. The molecule has 1 saturated heterocycles. The van der Waals surface area contributed by atoms with Crippen molar-refractivity contribution in [3.05, 3.63) is 34.3 Å². The largest absolute Gasteiger partial charge is 0.388 e. The number of nitrogens with one attached hydrogen (secondary N) is 1. The van der Waals surface area contributed by atoms with Crippen LogP contribution in [0.1, 0.15) is 28.8 Å². The van der Waals surface area contributed by atoms with Crippen molar-refractivity contribution in [2.24, 2.45) is 0 Å². The third-order valence-corrected chi connectivity index (χ3v) is 3.52. The van der Waals surface area contributed by atoms with Gasteiger partial charge in [-0.25, -0.2) is 0 Å². The molecule has 0 unspecified atom stereocenters. The maximum absolute atomic E-state index is 12.0. The van der Waals surface area contributed by atoms with Crippen molar-refractivity contribution in [2.45, 2.75) is 25.4 Å². The lowest BCUT2D eigenvalue weighted by Crippen LogP contribution is -2.46. The van der Waals surface area contributed by atoms with Gasteiger partial charge in [-0.1, -0.05) is 11.6 Å². The average Bonchev–Trinajstić information content (AvgIpc) is 2.36. The number of benzene rings is 1. The normalized spacial score (nSPS) is 18.1. The fourth-order valence-electron chi connectivity index (χ4n) is 2.14. The van der Waals surface area contributed by atoms with E-state index in [9.17, 15) is 9.90 Å². The van der Waals surface area contributed by atoms with Crippen LogP contribution in [-0.2, 0) is 4.74 Å². The molecule has 104 valence electrons. The first kappa shape index (κ1) is 14.3. The van der Waals surface area contributed by atoms with E-state index in [0.29, 0.717) is 36.6 Å². The zero-order chi connectivity index (χ0) is 13.9. The number of aliphatic hydroxyl groups is 1. The van der Waals surface area contributed by atoms with Gasteiger partial charge >= 0.3 is 0 Å². The van der Waals surface area contributed by atoms with Gasteiger partial charge in [-0.3, -0.25) is 4.79 Å². The molecule has 1 heterocycles. The van der Waals surface area contributed by atoms with E-state index in [4.69, 9.17) is 16.3 Å². The molecular weight excluding hydrogens is 266 g/mol. The molecule has 1 aliphatic rings. The number of halogens is 1. The van der Waals surface area contributed by atoms with E-state index < -0.39 is 5.60 Å². The molecule has 5 heteroatoms. The molecule has 1 aromatic rings. The summed E-state index contributed by atoms with van der Waals surface area (Å²) in [4.78, 5) is 12.0. The van der Waals surface area contributed by atoms with Crippen molar-refractivity contribution in [2.75, 3.05) is 19.8 Å². The average molecular weight is 284 g/mol. The molecule has 0 saturated carbocycles. The number of hydrogen-bond acceptors (Lipinski definition) is 3. The number of hydrogen-bond donors (Lipinski definition) is 2. The summed E-state index contributed by atoms with van der Waals surface area (Å²) < 4.78 is 5.20. The molecule has 2 N–H and O–H groups in total. The predicted octanol–water partition coefficient (Wildman–Crippen LogP) is 1.92. The summed E-state index contributed by atoms with van der Waals surface area (Å²) in [5.74, 6) is -0.217. The molecule has 1 fully saturated rings. The lowest BCUT2D eigenvalue weighted by molar-refractivity contribution is -0.0605. The van der Waals surface area contributed by atoms with Crippen LogP contribution in [0, 0.1) is 6.92 Å². The van der Waals surface area contributed by atoms with E-state index in [2.05, 4.69) is 5.32 Å². The molecule has 2 rings (SSSR count). The van der Waals surface area contributed by atoms with Gasteiger partial charge in [-0.15, -0.1) is 0 Å². The molecule has 0 aromatic heterocycles. The van der Waals surface area contributed by atoms with Gasteiger partial charge in [-0.2, -0.15) is 0 Å². The highest BCUT2D eigenvalue weighted by atomic mass is 35.5.